The molecule has 5 atom stereocenters. The lowest BCUT2D eigenvalue weighted by Crippen LogP contribution is -2.62. The molecule has 6 amide bonds. The van der Waals surface area contributed by atoms with Gasteiger partial charge in [0.25, 0.3) is 5.91 Å². The molecule has 2 heterocycles. The molecule has 4 N–H and O–H groups in total. The van der Waals surface area contributed by atoms with Crippen molar-refractivity contribution in [3.8, 4) is 0 Å². The van der Waals surface area contributed by atoms with Crippen molar-refractivity contribution in [2.45, 2.75) is 111 Å². The molecule has 0 aromatic heterocycles. The maximum absolute atomic E-state index is 14.6. The molecule has 0 aliphatic carbocycles. The minimum atomic E-state index is -3.56. The first-order valence-corrected chi connectivity index (χ1v) is 20.9. The molecule has 17 heteroatoms. The van der Waals surface area contributed by atoms with Crippen LogP contribution in [-0.4, -0.2) is 128 Å². The van der Waals surface area contributed by atoms with Gasteiger partial charge in [-0.3, -0.25) is 19.2 Å². The number of benzene rings is 1. The second-order valence-corrected chi connectivity index (χ2v) is 18.9. The summed E-state index contributed by atoms with van der Waals surface area (Å²) in [4.78, 5) is 84.3. The van der Waals surface area contributed by atoms with Gasteiger partial charge in [0, 0.05) is 45.7 Å². The number of carbonyl (C=O) groups excluding carboxylic acids is 6. The average molecular weight is 804 g/mol. The number of rotatable bonds is 15. The van der Waals surface area contributed by atoms with Crippen molar-refractivity contribution in [2.75, 3.05) is 39.5 Å². The predicted octanol–water partition coefficient (Wildman–Crippen LogP) is 2.33. The molecule has 0 saturated carbocycles. The smallest absolute Gasteiger partial charge is 0.410 e. The molecular weight excluding hydrogens is 743 g/mol. The van der Waals surface area contributed by atoms with Crippen LogP contribution in [0.5, 0.6) is 0 Å². The monoisotopic (exact) mass is 803 g/mol. The number of hydrogen-bond donors (Lipinski definition) is 4. The maximum Gasteiger partial charge on any atom is 0.410 e. The first-order chi connectivity index (χ1) is 26.0. The van der Waals surface area contributed by atoms with Crippen molar-refractivity contribution in [2.24, 2.45) is 10.8 Å². The molecular formula is C39H61N7O9S. The molecule has 0 spiro atoms. The molecule has 3 rings (SSSR count). The van der Waals surface area contributed by atoms with E-state index in [1.165, 1.54) is 18.0 Å². The summed E-state index contributed by atoms with van der Waals surface area (Å²) < 4.78 is 31.5. The van der Waals surface area contributed by atoms with E-state index in [0.29, 0.717) is 25.9 Å². The Morgan fingerprint density at radius 1 is 1.00 bits per heavy atom. The summed E-state index contributed by atoms with van der Waals surface area (Å²) in [6.45, 7) is 16.7. The fourth-order valence-corrected chi connectivity index (χ4v) is 6.97. The average Bonchev–Trinajstić information content (AvgIpc) is 3.54. The van der Waals surface area contributed by atoms with Crippen LogP contribution in [0.4, 0.5) is 9.59 Å². The number of likely N-dealkylation sites (tertiary alicyclic amines) is 1. The minimum absolute atomic E-state index is 0.0306. The summed E-state index contributed by atoms with van der Waals surface area (Å²) in [7, 11) is -2.15. The van der Waals surface area contributed by atoms with Crippen LogP contribution in [0, 0.1) is 10.8 Å². The largest absolute Gasteiger partial charge is 0.444 e. The Hall–Kier alpha value is -4.51. The molecule has 1 aromatic rings. The standard InChI is InChI=1S/C39H61N7O9S/c1-11-15-28(31(47)34(49)40-19-12-2)41-33(48)29-21-27(55-37(52)45-20-18-25-16-13-14-17-26(25)22-45)23-46(29)35(50)32(39(6,7)8)43-36(51)42-30(38(3,4)5)24-44(9)56(10,53)54/h12-14,16-17,27-30,32H,2,11,15,18-24H2,1,3-10H3,(H,40,49)(H,41,48)(H2,42,43,51)/t27-,28?,29?,30-,32-/m1/s1. The van der Waals surface area contributed by atoms with E-state index in [2.05, 4.69) is 27.8 Å². The van der Waals surface area contributed by atoms with E-state index < -0.39 is 86.8 Å². The Balaban J connectivity index is 1.91. The summed E-state index contributed by atoms with van der Waals surface area (Å²) in [5.74, 6) is -3.11. The van der Waals surface area contributed by atoms with Crippen molar-refractivity contribution >= 4 is 45.7 Å². The van der Waals surface area contributed by atoms with Crippen LogP contribution in [0.3, 0.4) is 0 Å². The number of likely N-dealkylation sites (N-methyl/N-ethyl adjacent to an activating group) is 1. The van der Waals surface area contributed by atoms with Gasteiger partial charge >= 0.3 is 12.1 Å². The van der Waals surface area contributed by atoms with Gasteiger partial charge in [-0.1, -0.05) is 85.2 Å². The van der Waals surface area contributed by atoms with Gasteiger partial charge in [0.2, 0.25) is 27.6 Å². The first-order valence-electron chi connectivity index (χ1n) is 19.0. The molecule has 1 fully saturated rings. The summed E-state index contributed by atoms with van der Waals surface area (Å²) >= 11 is 0. The molecule has 16 nitrogen and oxygen atoms in total. The molecule has 56 heavy (non-hydrogen) atoms. The fourth-order valence-electron chi connectivity index (χ4n) is 6.55. The van der Waals surface area contributed by atoms with Crippen molar-refractivity contribution < 1.29 is 41.9 Å². The summed E-state index contributed by atoms with van der Waals surface area (Å²) in [6.07, 6.45) is 2.11. The number of sulfonamides is 1. The van der Waals surface area contributed by atoms with Crippen LogP contribution < -0.4 is 21.3 Å². The highest BCUT2D eigenvalue weighted by molar-refractivity contribution is 7.88. The zero-order chi connectivity index (χ0) is 42.2. The van der Waals surface area contributed by atoms with Crippen LogP contribution in [0.15, 0.2) is 36.9 Å². The Morgan fingerprint density at radius 3 is 2.21 bits per heavy atom. The van der Waals surface area contributed by atoms with Gasteiger partial charge in [0.15, 0.2) is 0 Å². The Bertz CT molecular complexity index is 1740. The number of ketones is 1. The Labute approximate surface area is 331 Å². The highest BCUT2D eigenvalue weighted by Gasteiger charge is 2.47. The van der Waals surface area contributed by atoms with Gasteiger partial charge < -0.3 is 35.8 Å². The quantitative estimate of drug-likeness (QED) is 0.152. The third-order valence-corrected chi connectivity index (χ3v) is 11.4. The van der Waals surface area contributed by atoms with Gasteiger partial charge in [0.1, 0.15) is 18.2 Å². The summed E-state index contributed by atoms with van der Waals surface area (Å²) in [5.41, 5.74) is 0.643. The third-order valence-electron chi connectivity index (χ3n) is 10.1. The van der Waals surface area contributed by atoms with Gasteiger partial charge in [0.05, 0.1) is 18.8 Å². The molecule has 2 aliphatic heterocycles. The van der Waals surface area contributed by atoms with Gasteiger partial charge in [-0.05, 0) is 34.8 Å². The number of fused-ring (bicyclic) bond motifs is 1. The van der Waals surface area contributed by atoms with Crippen molar-refractivity contribution in [1.29, 1.82) is 0 Å². The molecule has 0 bridgehead atoms. The van der Waals surface area contributed by atoms with Crippen LogP contribution >= 0.6 is 0 Å². The van der Waals surface area contributed by atoms with E-state index in [-0.39, 0.29) is 32.5 Å². The van der Waals surface area contributed by atoms with E-state index in [4.69, 9.17) is 4.74 Å². The summed E-state index contributed by atoms with van der Waals surface area (Å²) in [6, 6.07) is 2.78. The van der Waals surface area contributed by atoms with Crippen LogP contribution in [-0.2, 0) is 46.9 Å². The van der Waals surface area contributed by atoms with E-state index >= 15 is 0 Å². The first kappa shape index (κ1) is 45.9. The van der Waals surface area contributed by atoms with E-state index in [1.807, 2.05) is 45.0 Å². The normalized spacial score (nSPS) is 18.9. The number of nitrogens with one attached hydrogen (secondary N) is 4. The molecule has 1 saturated heterocycles. The third kappa shape index (κ3) is 12.5. The van der Waals surface area contributed by atoms with Gasteiger partial charge in [-0.25, -0.2) is 22.3 Å². The molecule has 2 unspecified atom stereocenters. The van der Waals surface area contributed by atoms with Crippen molar-refractivity contribution in [3.63, 3.8) is 0 Å². The molecule has 0 radical (unpaired) electrons. The zero-order valence-corrected chi connectivity index (χ0v) is 35.1. The van der Waals surface area contributed by atoms with Crippen molar-refractivity contribution in [1.82, 2.24) is 35.4 Å². The lowest BCUT2D eigenvalue weighted by atomic mass is 9.85. The lowest BCUT2D eigenvalue weighted by molar-refractivity contribution is -0.143. The second kappa shape index (κ2) is 19.1. The van der Waals surface area contributed by atoms with E-state index in [9.17, 15) is 37.2 Å². The molecule has 2 aliphatic rings. The second-order valence-electron chi connectivity index (χ2n) is 16.8. The number of Topliss-reactive ketones (excluding diaryl/α,β-unsaturated/α-hetero) is 1. The van der Waals surface area contributed by atoms with Crippen LogP contribution in [0.1, 0.15) is 78.9 Å². The molecule has 1 aromatic carbocycles. The zero-order valence-electron chi connectivity index (χ0n) is 34.3. The van der Waals surface area contributed by atoms with Crippen molar-refractivity contribution in [3.05, 3.63) is 48.0 Å². The highest BCUT2D eigenvalue weighted by atomic mass is 32.2. The number of urea groups is 1. The number of amides is 6. The Kier molecular flexibility index (Phi) is 15.6. The van der Waals surface area contributed by atoms with Gasteiger partial charge in [-0.15, -0.1) is 6.58 Å². The van der Waals surface area contributed by atoms with E-state index in [1.54, 1.807) is 32.6 Å². The summed E-state index contributed by atoms with van der Waals surface area (Å²) in [5, 5.41) is 10.7. The predicted molar refractivity (Wildman–Crippen MR) is 212 cm³/mol. The fraction of sp³-hybridized carbons (Fsp3) is 0.641. The van der Waals surface area contributed by atoms with Gasteiger partial charge in [-0.2, -0.15) is 0 Å². The van der Waals surface area contributed by atoms with Crippen LogP contribution in [0.2, 0.25) is 0 Å². The number of nitrogens with zero attached hydrogens (tertiary/aromatic N) is 3. The molecule has 312 valence electrons. The number of hydrogen-bond acceptors (Lipinski definition) is 9. The highest BCUT2D eigenvalue weighted by Crippen LogP contribution is 2.29. The van der Waals surface area contributed by atoms with Crippen LogP contribution in [0.25, 0.3) is 0 Å². The number of carbonyl (C=O) groups is 6. The minimum Gasteiger partial charge on any atom is -0.444 e. The van der Waals surface area contributed by atoms with E-state index in [0.717, 1.165) is 21.7 Å². The number of ether oxygens (including phenoxy) is 1. The SMILES string of the molecule is C=CCNC(=O)C(=O)C(CCC)NC(=O)C1C[C@@H](OC(=O)N2CCc3ccccc3C2)CN1C(=O)[C@@H](NC(=O)N[C@H](CN(C)S(C)(=O)=O)C(C)(C)C)C(C)(C)C. The maximum atomic E-state index is 14.6. The lowest BCUT2D eigenvalue weighted by Gasteiger charge is -2.37. The Morgan fingerprint density at radius 2 is 1.64 bits per heavy atom. The topological polar surface area (TPSA) is 204 Å².